The average molecular weight is 292 g/mol. The van der Waals surface area contributed by atoms with Gasteiger partial charge >= 0.3 is 0 Å². The predicted molar refractivity (Wildman–Crippen MR) is 82.3 cm³/mol. The molecule has 0 amide bonds. The van der Waals surface area contributed by atoms with Crippen molar-refractivity contribution in [2.75, 3.05) is 24.5 Å². The van der Waals surface area contributed by atoms with Crippen LogP contribution in [-0.2, 0) is 0 Å². The topological polar surface area (TPSA) is 61.3 Å². The zero-order valence-corrected chi connectivity index (χ0v) is 12.4. The molecule has 3 heterocycles. The second-order valence-electron chi connectivity index (χ2n) is 5.32. The van der Waals surface area contributed by atoms with E-state index in [1.807, 2.05) is 12.3 Å². The van der Waals surface area contributed by atoms with Gasteiger partial charge in [-0.05, 0) is 44.3 Å². The van der Waals surface area contributed by atoms with E-state index in [9.17, 15) is 5.11 Å². The number of aliphatic hydroxyl groups excluding tert-OH is 1. The highest BCUT2D eigenvalue weighted by Crippen LogP contribution is 2.29. The first kappa shape index (κ1) is 13.7. The lowest BCUT2D eigenvalue weighted by atomic mass is 10.0. The van der Waals surface area contributed by atoms with Gasteiger partial charge in [0.1, 0.15) is 17.0 Å². The van der Waals surface area contributed by atoms with Gasteiger partial charge in [-0.15, -0.1) is 11.3 Å². The summed E-state index contributed by atoms with van der Waals surface area (Å²) in [7, 11) is 0. The fourth-order valence-corrected chi connectivity index (χ4v) is 3.54. The Balaban J connectivity index is 1.97. The maximum atomic E-state index is 9.84. The van der Waals surface area contributed by atoms with Gasteiger partial charge in [0, 0.05) is 12.6 Å². The molecule has 1 aliphatic rings. The predicted octanol–water partition coefficient (Wildman–Crippen LogP) is 1.63. The maximum absolute atomic E-state index is 9.84. The van der Waals surface area contributed by atoms with Gasteiger partial charge in [-0.3, -0.25) is 0 Å². The molecule has 0 aliphatic carbocycles. The Kier molecular flexibility index (Phi) is 4.14. The summed E-state index contributed by atoms with van der Waals surface area (Å²) in [5.41, 5.74) is 0. The van der Waals surface area contributed by atoms with Crippen LogP contribution < -0.4 is 10.2 Å². The summed E-state index contributed by atoms with van der Waals surface area (Å²) in [5, 5.41) is 16.4. The van der Waals surface area contributed by atoms with Crippen molar-refractivity contribution in [1.29, 1.82) is 0 Å². The highest BCUT2D eigenvalue weighted by Gasteiger charge is 2.25. The van der Waals surface area contributed by atoms with Crippen LogP contribution in [0.3, 0.4) is 0 Å². The van der Waals surface area contributed by atoms with E-state index >= 15 is 0 Å². The summed E-state index contributed by atoms with van der Waals surface area (Å²) < 4.78 is 0. The highest BCUT2D eigenvalue weighted by molar-refractivity contribution is 7.16. The lowest BCUT2D eigenvalue weighted by Crippen LogP contribution is -2.46. The first-order valence-corrected chi connectivity index (χ1v) is 7.97. The largest absolute Gasteiger partial charge is 0.392 e. The Morgan fingerprint density at radius 1 is 1.45 bits per heavy atom. The summed E-state index contributed by atoms with van der Waals surface area (Å²) >= 11 is 1.63. The molecule has 0 radical (unpaired) electrons. The van der Waals surface area contributed by atoms with E-state index < -0.39 is 0 Å². The SMILES string of the molecule is CC(O)CN(c1ncnc2sccc12)C1CCNCC1. The number of anilines is 1. The van der Waals surface area contributed by atoms with Crippen molar-refractivity contribution in [3.63, 3.8) is 0 Å². The minimum absolute atomic E-state index is 0.367. The van der Waals surface area contributed by atoms with Crippen molar-refractivity contribution < 1.29 is 5.11 Å². The summed E-state index contributed by atoms with van der Waals surface area (Å²) in [6.45, 7) is 4.50. The fraction of sp³-hybridized carbons (Fsp3) is 0.571. The maximum Gasteiger partial charge on any atom is 0.141 e. The van der Waals surface area contributed by atoms with Crippen LogP contribution in [0, 0.1) is 0 Å². The molecule has 1 atom stereocenters. The van der Waals surface area contributed by atoms with Crippen molar-refractivity contribution in [2.45, 2.75) is 31.9 Å². The third-order valence-corrected chi connectivity index (χ3v) is 4.54. The van der Waals surface area contributed by atoms with Gasteiger partial charge in [-0.1, -0.05) is 0 Å². The molecule has 1 saturated heterocycles. The zero-order chi connectivity index (χ0) is 13.9. The summed E-state index contributed by atoms with van der Waals surface area (Å²) in [6.07, 6.45) is 3.43. The Morgan fingerprint density at radius 2 is 2.25 bits per heavy atom. The number of aromatic nitrogens is 2. The minimum Gasteiger partial charge on any atom is -0.392 e. The van der Waals surface area contributed by atoms with Gasteiger partial charge in [-0.25, -0.2) is 9.97 Å². The van der Waals surface area contributed by atoms with E-state index in [0.717, 1.165) is 42.0 Å². The standard InChI is InChI=1S/C14H20N4OS/c1-10(19)8-18(11-2-5-15-6-3-11)13-12-4-7-20-14(12)17-9-16-13/h4,7,9-11,15,19H,2-3,5-6,8H2,1H3. The Bertz CT molecular complexity index is 565. The normalized spacial score (nSPS) is 18.3. The van der Waals surface area contributed by atoms with E-state index in [2.05, 4.69) is 26.3 Å². The van der Waals surface area contributed by atoms with Crippen LogP contribution in [0.2, 0.25) is 0 Å². The quantitative estimate of drug-likeness (QED) is 0.897. The molecular weight excluding hydrogens is 272 g/mol. The number of fused-ring (bicyclic) bond motifs is 1. The van der Waals surface area contributed by atoms with Crippen LogP contribution in [0.1, 0.15) is 19.8 Å². The molecule has 2 aromatic heterocycles. The molecule has 0 saturated carbocycles. The first-order valence-electron chi connectivity index (χ1n) is 7.09. The molecule has 1 unspecified atom stereocenters. The Labute approximate surface area is 122 Å². The number of nitrogens with zero attached hydrogens (tertiary/aromatic N) is 3. The third-order valence-electron chi connectivity index (χ3n) is 3.72. The van der Waals surface area contributed by atoms with Gasteiger partial charge in [0.2, 0.25) is 0 Å². The summed E-state index contributed by atoms with van der Waals surface area (Å²) in [4.78, 5) is 12.1. The van der Waals surface area contributed by atoms with Crippen molar-refractivity contribution in [2.24, 2.45) is 0 Å². The monoisotopic (exact) mass is 292 g/mol. The fourth-order valence-electron chi connectivity index (χ4n) is 2.82. The lowest BCUT2D eigenvalue weighted by molar-refractivity contribution is 0.194. The molecule has 20 heavy (non-hydrogen) atoms. The zero-order valence-electron chi connectivity index (χ0n) is 11.6. The highest BCUT2D eigenvalue weighted by atomic mass is 32.1. The van der Waals surface area contributed by atoms with Crippen molar-refractivity contribution >= 4 is 27.4 Å². The Hall–Kier alpha value is -1.24. The van der Waals surface area contributed by atoms with Crippen molar-refractivity contribution in [3.05, 3.63) is 17.8 Å². The molecule has 5 nitrogen and oxygen atoms in total. The number of aliphatic hydroxyl groups is 1. The van der Waals surface area contributed by atoms with Gasteiger partial charge < -0.3 is 15.3 Å². The van der Waals surface area contributed by atoms with Crippen LogP contribution in [0.25, 0.3) is 10.2 Å². The van der Waals surface area contributed by atoms with E-state index in [-0.39, 0.29) is 6.10 Å². The van der Waals surface area contributed by atoms with Crippen LogP contribution >= 0.6 is 11.3 Å². The van der Waals surface area contributed by atoms with E-state index in [1.54, 1.807) is 17.7 Å². The summed E-state index contributed by atoms with van der Waals surface area (Å²) in [6, 6.07) is 2.51. The minimum atomic E-state index is -0.367. The van der Waals surface area contributed by atoms with Gasteiger partial charge in [0.05, 0.1) is 11.5 Å². The molecule has 0 bridgehead atoms. The average Bonchev–Trinajstić information content (AvgIpc) is 2.94. The van der Waals surface area contributed by atoms with Gasteiger partial charge in [0.25, 0.3) is 0 Å². The molecule has 0 aromatic carbocycles. The van der Waals surface area contributed by atoms with Crippen LogP contribution in [0.5, 0.6) is 0 Å². The molecule has 108 valence electrons. The molecule has 6 heteroatoms. The molecule has 0 spiro atoms. The third kappa shape index (κ3) is 2.77. The summed E-state index contributed by atoms with van der Waals surface area (Å²) in [5.74, 6) is 0.962. The van der Waals surface area contributed by atoms with Gasteiger partial charge in [0.15, 0.2) is 0 Å². The van der Waals surface area contributed by atoms with E-state index in [0.29, 0.717) is 12.6 Å². The number of hydrogen-bond donors (Lipinski definition) is 2. The molecular formula is C14H20N4OS. The number of thiophene rings is 1. The first-order chi connectivity index (χ1) is 9.75. The van der Waals surface area contributed by atoms with Gasteiger partial charge in [-0.2, -0.15) is 0 Å². The smallest absolute Gasteiger partial charge is 0.141 e. The van der Waals surface area contributed by atoms with Crippen molar-refractivity contribution in [1.82, 2.24) is 15.3 Å². The number of hydrogen-bond acceptors (Lipinski definition) is 6. The van der Waals surface area contributed by atoms with E-state index in [1.165, 1.54) is 0 Å². The van der Waals surface area contributed by atoms with Crippen molar-refractivity contribution in [3.8, 4) is 0 Å². The molecule has 1 aliphatic heterocycles. The molecule has 3 rings (SSSR count). The number of piperidine rings is 1. The molecule has 2 N–H and O–H groups in total. The number of nitrogens with one attached hydrogen (secondary N) is 1. The van der Waals surface area contributed by atoms with E-state index in [4.69, 9.17) is 0 Å². The lowest BCUT2D eigenvalue weighted by Gasteiger charge is -2.36. The number of rotatable bonds is 4. The molecule has 1 fully saturated rings. The Morgan fingerprint density at radius 3 is 3.00 bits per heavy atom. The van der Waals surface area contributed by atoms with Crippen LogP contribution in [0.4, 0.5) is 5.82 Å². The second-order valence-corrected chi connectivity index (χ2v) is 6.21. The molecule has 2 aromatic rings. The second kappa shape index (κ2) is 6.03. The van der Waals surface area contributed by atoms with Crippen LogP contribution in [0.15, 0.2) is 17.8 Å². The van der Waals surface area contributed by atoms with Crippen LogP contribution in [-0.4, -0.2) is 46.9 Å².